The largest absolute Gasteiger partial charge is 0.480 e. The zero-order valence-corrected chi connectivity index (χ0v) is 19.0. The van der Waals surface area contributed by atoms with Crippen LogP contribution >= 0.6 is 0 Å². The molecule has 34 heavy (non-hydrogen) atoms. The number of aliphatic carboxylic acids is 1. The van der Waals surface area contributed by atoms with Gasteiger partial charge in [0.05, 0.1) is 0 Å². The Morgan fingerprint density at radius 1 is 0.941 bits per heavy atom. The van der Waals surface area contributed by atoms with Gasteiger partial charge in [-0.1, -0.05) is 48.5 Å². The second-order valence-corrected chi connectivity index (χ2v) is 8.07. The summed E-state index contributed by atoms with van der Waals surface area (Å²) in [6.45, 7) is 0.0646. The number of alkyl carbamates (subject to hydrolysis) is 1. The molecule has 4 N–H and O–H groups in total. The number of hydrogen-bond acceptors (Lipinski definition) is 6. The molecule has 2 atom stereocenters. The van der Waals surface area contributed by atoms with Gasteiger partial charge in [0.25, 0.3) is 0 Å². The molecule has 182 valence electrons. The minimum Gasteiger partial charge on any atom is -0.480 e. The van der Waals surface area contributed by atoms with Crippen LogP contribution < -0.4 is 10.6 Å². The van der Waals surface area contributed by atoms with Crippen LogP contribution in [0.2, 0.25) is 0 Å². The average molecular weight is 471 g/mol. The molecular weight excluding hydrogens is 440 g/mol. The number of carbonyl (C=O) groups excluding carboxylic acids is 2. The number of hydrogen-bond donors (Lipinski definition) is 4. The van der Waals surface area contributed by atoms with E-state index in [2.05, 4.69) is 10.6 Å². The molecule has 3 rings (SSSR count). The Morgan fingerprint density at radius 2 is 1.56 bits per heavy atom. The minimum atomic E-state index is -1.26. The molecule has 1 aliphatic rings. The Balaban J connectivity index is 1.65. The van der Waals surface area contributed by atoms with E-state index < -0.39 is 36.7 Å². The monoisotopic (exact) mass is 470 g/mol. The number of benzene rings is 2. The van der Waals surface area contributed by atoms with Gasteiger partial charge in [-0.05, 0) is 35.1 Å². The second-order valence-electron chi connectivity index (χ2n) is 8.07. The smallest absolute Gasteiger partial charge is 0.407 e. The van der Waals surface area contributed by atoms with E-state index in [1.54, 1.807) is 0 Å². The van der Waals surface area contributed by atoms with Gasteiger partial charge in [-0.25, -0.2) is 9.59 Å². The average Bonchev–Trinajstić information content (AvgIpc) is 3.15. The molecule has 1 aliphatic carbocycles. The van der Waals surface area contributed by atoms with E-state index >= 15 is 0 Å². The minimum absolute atomic E-state index is 0.0918. The predicted molar refractivity (Wildman–Crippen MR) is 124 cm³/mol. The van der Waals surface area contributed by atoms with Gasteiger partial charge in [-0.3, -0.25) is 4.79 Å². The zero-order chi connectivity index (χ0) is 24.5. The summed E-state index contributed by atoms with van der Waals surface area (Å²) in [6.07, 6.45) is -0.212. The van der Waals surface area contributed by atoms with E-state index in [4.69, 9.17) is 14.6 Å². The second kappa shape index (κ2) is 12.2. The number of nitrogens with one attached hydrogen (secondary N) is 2. The fraction of sp³-hybridized carbons (Fsp3) is 0.400. The van der Waals surface area contributed by atoms with Gasteiger partial charge in [0.2, 0.25) is 5.91 Å². The molecule has 0 saturated heterocycles. The van der Waals surface area contributed by atoms with Crippen LogP contribution in [0.1, 0.15) is 36.3 Å². The number of fused-ring (bicyclic) bond motifs is 3. The van der Waals surface area contributed by atoms with Crippen molar-refractivity contribution < 1.29 is 34.1 Å². The molecule has 2 aromatic rings. The van der Waals surface area contributed by atoms with Crippen molar-refractivity contribution in [3.8, 4) is 11.1 Å². The summed E-state index contributed by atoms with van der Waals surface area (Å²) in [4.78, 5) is 36.6. The van der Waals surface area contributed by atoms with Crippen molar-refractivity contribution in [2.24, 2.45) is 0 Å². The van der Waals surface area contributed by atoms with Gasteiger partial charge in [0.15, 0.2) is 0 Å². The van der Waals surface area contributed by atoms with Gasteiger partial charge in [-0.15, -0.1) is 0 Å². The third kappa shape index (κ3) is 6.12. The van der Waals surface area contributed by atoms with Crippen LogP contribution in [0, 0.1) is 0 Å². The normalized spacial score (nSPS) is 13.9. The van der Waals surface area contributed by atoms with Crippen molar-refractivity contribution >= 4 is 18.0 Å². The maximum Gasteiger partial charge on any atom is 0.407 e. The lowest BCUT2D eigenvalue weighted by atomic mass is 9.98. The number of amides is 2. The molecule has 9 heteroatoms. The highest BCUT2D eigenvalue weighted by molar-refractivity contribution is 5.89. The van der Waals surface area contributed by atoms with Crippen LogP contribution in [-0.4, -0.2) is 67.2 Å². The van der Waals surface area contributed by atoms with E-state index in [0.717, 1.165) is 22.3 Å². The SMILES string of the molecule is COCCCC(NC(=O)OCC1c2ccccc2-c2ccccc21)C(=O)N[C@@H](CCO)C(=O)O. The molecular formula is C25H30N2O7. The highest BCUT2D eigenvalue weighted by atomic mass is 16.5. The number of carbonyl (C=O) groups is 3. The van der Waals surface area contributed by atoms with Crippen molar-refractivity contribution in [2.45, 2.75) is 37.3 Å². The predicted octanol–water partition coefficient (Wildman–Crippen LogP) is 2.27. The molecule has 0 bridgehead atoms. The van der Waals surface area contributed by atoms with Gasteiger partial charge in [-0.2, -0.15) is 0 Å². The Kier molecular flexibility index (Phi) is 9.00. The number of carboxylic acid groups (broad SMARTS) is 1. The molecule has 0 spiro atoms. The topological polar surface area (TPSA) is 134 Å². The number of rotatable bonds is 12. The van der Waals surface area contributed by atoms with Crippen molar-refractivity contribution in [3.63, 3.8) is 0 Å². The van der Waals surface area contributed by atoms with Crippen LogP contribution in [0.3, 0.4) is 0 Å². The quantitative estimate of drug-likeness (QED) is 0.350. The van der Waals surface area contributed by atoms with Crippen molar-refractivity contribution in [3.05, 3.63) is 59.7 Å². The van der Waals surface area contributed by atoms with Crippen LogP contribution in [-0.2, 0) is 19.1 Å². The van der Waals surface area contributed by atoms with E-state index in [1.807, 2.05) is 48.5 Å². The molecule has 1 unspecified atom stereocenters. The number of carboxylic acids is 1. The first-order valence-corrected chi connectivity index (χ1v) is 11.2. The molecule has 0 aromatic heterocycles. The molecule has 2 aromatic carbocycles. The van der Waals surface area contributed by atoms with Gasteiger partial charge >= 0.3 is 12.1 Å². The zero-order valence-electron chi connectivity index (χ0n) is 19.0. The van der Waals surface area contributed by atoms with E-state index in [-0.39, 0.29) is 25.4 Å². The van der Waals surface area contributed by atoms with Crippen LogP contribution in [0.25, 0.3) is 11.1 Å². The molecule has 0 saturated carbocycles. The number of methoxy groups -OCH3 is 1. The fourth-order valence-corrected chi connectivity index (χ4v) is 4.14. The third-order valence-electron chi connectivity index (χ3n) is 5.83. The highest BCUT2D eigenvalue weighted by Gasteiger charge is 2.30. The summed E-state index contributed by atoms with van der Waals surface area (Å²) in [7, 11) is 1.52. The third-order valence-corrected chi connectivity index (χ3v) is 5.83. The highest BCUT2D eigenvalue weighted by Crippen LogP contribution is 2.44. The van der Waals surface area contributed by atoms with Crippen molar-refractivity contribution in [2.75, 3.05) is 26.9 Å². The van der Waals surface area contributed by atoms with Crippen LogP contribution in [0.4, 0.5) is 4.79 Å². The molecule has 0 radical (unpaired) electrons. The molecule has 9 nitrogen and oxygen atoms in total. The van der Waals surface area contributed by atoms with E-state index in [1.165, 1.54) is 7.11 Å². The summed E-state index contributed by atoms with van der Waals surface area (Å²) in [5.74, 6) is -2.05. The summed E-state index contributed by atoms with van der Waals surface area (Å²) < 4.78 is 10.5. The Morgan fingerprint density at radius 3 is 2.12 bits per heavy atom. The standard InChI is InChI=1S/C25H30N2O7/c1-33-14-6-11-21(23(29)26-22(12-13-28)24(30)31)27-25(32)34-15-20-18-9-4-2-7-16(18)17-8-3-5-10-19(17)20/h2-5,7-10,20-22,28H,6,11-15H2,1H3,(H,26,29)(H,27,32)(H,30,31)/t21?,22-/m0/s1. The summed E-state index contributed by atoms with van der Waals surface area (Å²) in [6, 6.07) is 13.7. The number of aliphatic hydroxyl groups excluding tert-OH is 1. The van der Waals surface area contributed by atoms with Crippen LogP contribution in [0.15, 0.2) is 48.5 Å². The summed E-state index contributed by atoms with van der Waals surface area (Å²) in [5.41, 5.74) is 4.35. The fourth-order valence-electron chi connectivity index (χ4n) is 4.14. The first-order valence-electron chi connectivity index (χ1n) is 11.2. The molecule has 0 heterocycles. The Bertz CT molecular complexity index is 965. The molecule has 0 aliphatic heterocycles. The summed E-state index contributed by atoms with van der Waals surface area (Å²) >= 11 is 0. The van der Waals surface area contributed by atoms with E-state index in [9.17, 15) is 19.5 Å². The lowest BCUT2D eigenvalue weighted by molar-refractivity contribution is -0.142. The maximum atomic E-state index is 12.7. The van der Waals surface area contributed by atoms with Crippen LogP contribution in [0.5, 0.6) is 0 Å². The van der Waals surface area contributed by atoms with Crippen molar-refractivity contribution in [1.82, 2.24) is 10.6 Å². The lowest BCUT2D eigenvalue weighted by Gasteiger charge is -2.21. The number of ether oxygens (including phenoxy) is 2. The first kappa shape index (κ1) is 25.2. The van der Waals surface area contributed by atoms with Gasteiger partial charge < -0.3 is 30.3 Å². The van der Waals surface area contributed by atoms with Gasteiger partial charge in [0.1, 0.15) is 18.7 Å². The van der Waals surface area contributed by atoms with E-state index in [0.29, 0.717) is 13.0 Å². The maximum absolute atomic E-state index is 12.7. The summed E-state index contributed by atoms with van der Waals surface area (Å²) in [5, 5.41) is 23.2. The first-order chi connectivity index (χ1) is 16.5. The Hall–Kier alpha value is -3.43. The molecule has 0 fully saturated rings. The molecule has 2 amide bonds. The lowest BCUT2D eigenvalue weighted by Crippen LogP contribution is -2.52. The number of aliphatic hydroxyl groups is 1. The van der Waals surface area contributed by atoms with Gasteiger partial charge in [0, 0.05) is 32.7 Å². The van der Waals surface area contributed by atoms with Crippen molar-refractivity contribution in [1.29, 1.82) is 0 Å². The Labute approximate surface area is 198 Å².